The van der Waals surface area contributed by atoms with Gasteiger partial charge in [-0.05, 0) is 78.6 Å². The van der Waals surface area contributed by atoms with Crippen molar-refractivity contribution in [3.8, 4) is 16.2 Å². The number of ether oxygens (including phenoxy) is 1. The monoisotopic (exact) mass is 1070 g/mol. The topological polar surface area (TPSA) is 256 Å². The van der Waals surface area contributed by atoms with Crippen molar-refractivity contribution in [3.05, 3.63) is 101 Å². The van der Waals surface area contributed by atoms with Gasteiger partial charge in [0.1, 0.15) is 35.1 Å². The van der Waals surface area contributed by atoms with Crippen LogP contribution in [0.2, 0.25) is 0 Å². The Labute approximate surface area is 449 Å². The summed E-state index contributed by atoms with van der Waals surface area (Å²) in [5, 5.41) is 25.8. The Morgan fingerprint density at radius 3 is 2.47 bits per heavy atom. The first-order chi connectivity index (χ1) is 36.8. The zero-order chi connectivity index (χ0) is 55.1. The Morgan fingerprint density at radius 2 is 1.75 bits per heavy atom. The summed E-state index contributed by atoms with van der Waals surface area (Å²) in [6.45, 7) is 7.86. The number of hydrogen-bond donors (Lipinski definition) is 7. The number of rotatable bonds is 20. The highest BCUT2D eigenvalue weighted by Crippen LogP contribution is 2.39. The van der Waals surface area contributed by atoms with Crippen molar-refractivity contribution in [2.24, 2.45) is 5.41 Å². The number of likely N-dealkylation sites (tertiary alicyclic amines) is 1. The number of aromatic nitrogens is 4. The first-order valence-corrected chi connectivity index (χ1v) is 26.4. The van der Waals surface area contributed by atoms with Crippen LogP contribution in [0.5, 0.6) is 5.75 Å². The zero-order valence-corrected chi connectivity index (χ0v) is 45.0. The van der Waals surface area contributed by atoms with Crippen molar-refractivity contribution in [1.82, 2.24) is 45.7 Å². The molecule has 0 saturated carbocycles. The van der Waals surface area contributed by atoms with Gasteiger partial charge in [-0.3, -0.25) is 28.8 Å². The summed E-state index contributed by atoms with van der Waals surface area (Å²) in [7, 11) is 4.51. The molecule has 1 saturated heterocycles. The Bertz CT molecular complexity index is 3180. The minimum absolute atomic E-state index is 0.0374. The highest BCUT2D eigenvalue weighted by atomic mass is 32.1. The number of hydrogen-bond acceptors (Lipinski definition) is 14. The molecule has 0 bridgehead atoms. The van der Waals surface area contributed by atoms with E-state index in [0.717, 1.165) is 27.3 Å². The molecular weight excluding hydrogens is 1010 g/mol. The van der Waals surface area contributed by atoms with Crippen LogP contribution < -0.4 is 36.2 Å². The van der Waals surface area contributed by atoms with Crippen LogP contribution >= 0.6 is 11.3 Å². The van der Waals surface area contributed by atoms with Crippen molar-refractivity contribution in [3.63, 3.8) is 0 Å². The fourth-order valence-electron chi connectivity index (χ4n) is 9.58. The zero-order valence-electron chi connectivity index (χ0n) is 44.2. The van der Waals surface area contributed by atoms with Gasteiger partial charge >= 0.3 is 0 Å². The van der Waals surface area contributed by atoms with E-state index in [2.05, 4.69) is 46.5 Å². The Morgan fingerprint density at radius 1 is 0.987 bits per heavy atom. The second-order valence-electron chi connectivity index (χ2n) is 20.4. The second kappa shape index (κ2) is 23.9. The molecule has 0 aliphatic carbocycles. The van der Waals surface area contributed by atoms with E-state index in [1.165, 1.54) is 36.1 Å². The lowest BCUT2D eigenvalue weighted by molar-refractivity contribution is -0.144. The maximum atomic E-state index is 14.9. The predicted molar refractivity (Wildman–Crippen MR) is 292 cm³/mol. The lowest BCUT2D eigenvalue weighted by Gasteiger charge is -2.35. The standard InChI is InChI=1S/C55H65FN12O8S/c1-31-47(77-30-60-31)33-18-16-32(17-19-33)27-59-51(73)41-25-35(69)28-68(41)53(75)48(55(2,3)4)63-43(70)14-9-8-10-15-44(71)66(6)29-45(72)67-23-21-34-24-42(76-7)39(26-40(34)67)62-54-64-49-36(20-22-58-49)50(65-54)61-38-13-11-12-37(56)46(38)52(74)57-5/h11-13,16-20,22,24,26,30,35,41,48,69H,8-10,14-15,21,23,25,27-29H2,1-7H3,(H,57,74)(H,59,73)(H,63,70)(H3,58,61,62,64,65)/t35-,41+,48?/m1/s1. The molecule has 3 aromatic carbocycles. The molecule has 2 aliphatic heterocycles. The van der Waals surface area contributed by atoms with Gasteiger partial charge in [-0.1, -0.05) is 57.5 Å². The quantitative estimate of drug-likeness (QED) is 0.0404. The lowest BCUT2D eigenvalue weighted by atomic mass is 9.85. The van der Waals surface area contributed by atoms with E-state index < -0.39 is 41.2 Å². The largest absolute Gasteiger partial charge is 0.495 e. The molecule has 6 amide bonds. The van der Waals surface area contributed by atoms with Crippen molar-refractivity contribution in [2.75, 3.05) is 56.4 Å². The third-order valence-corrected chi connectivity index (χ3v) is 14.8. The van der Waals surface area contributed by atoms with Gasteiger partial charge in [-0.25, -0.2) is 9.37 Å². The van der Waals surface area contributed by atoms with Crippen LogP contribution in [0.15, 0.2) is 72.4 Å². The number of unbranched alkanes of at least 4 members (excludes halogenated alkanes) is 2. The number of nitrogens with zero attached hydrogens (tertiary/aromatic N) is 6. The third-order valence-electron chi connectivity index (χ3n) is 13.8. The number of nitrogens with one attached hydrogen (secondary N) is 6. The van der Waals surface area contributed by atoms with Gasteiger partial charge in [0.05, 0.1) is 58.2 Å². The van der Waals surface area contributed by atoms with Gasteiger partial charge in [0, 0.05) is 64.9 Å². The predicted octanol–water partition coefficient (Wildman–Crippen LogP) is 6.49. The molecule has 0 radical (unpaired) electrons. The number of likely N-dealkylation sites (N-methyl/N-ethyl adjacent to an activating group) is 1. The fraction of sp³-hybridized carbons (Fsp3) is 0.400. The SMILES string of the molecule is CNC(=O)c1c(F)cccc1Nc1nc(Nc2cc3c(cc2OC)CCN3C(=O)CN(C)C(=O)CCCCCC(=O)NC(C(=O)N2C[C@H](O)C[C@H]2C(=O)NCc2ccc(-c3scnc3C)cc2)C(C)(C)C)nc2[nH]ccc12. The van der Waals surface area contributed by atoms with E-state index in [4.69, 9.17) is 4.74 Å². The summed E-state index contributed by atoms with van der Waals surface area (Å²) in [6, 6.07) is 15.5. The van der Waals surface area contributed by atoms with Gasteiger partial charge in [0.2, 0.25) is 35.5 Å². The van der Waals surface area contributed by atoms with Crippen LogP contribution in [0.4, 0.5) is 33.2 Å². The van der Waals surface area contributed by atoms with Crippen molar-refractivity contribution in [2.45, 2.75) is 97.4 Å². The minimum Gasteiger partial charge on any atom is -0.495 e. The number of aliphatic hydroxyl groups excluding tert-OH is 1. The maximum Gasteiger partial charge on any atom is 0.256 e. The van der Waals surface area contributed by atoms with E-state index in [0.29, 0.717) is 66.2 Å². The smallest absolute Gasteiger partial charge is 0.256 e. The fourth-order valence-corrected chi connectivity index (χ4v) is 10.4. The average molecular weight is 1070 g/mol. The van der Waals surface area contributed by atoms with Crippen LogP contribution in [0, 0.1) is 18.2 Å². The number of carbonyl (C=O) groups excluding carboxylic acids is 6. The molecular formula is C55H65FN12O8S. The van der Waals surface area contributed by atoms with E-state index in [1.54, 1.807) is 53.2 Å². The second-order valence-corrected chi connectivity index (χ2v) is 21.2. The van der Waals surface area contributed by atoms with Crippen molar-refractivity contribution >= 4 is 86.6 Å². The number of benzene rings is 3. The van der Waals surface area contributed by atoms with Gasteiger partial charge in [-0.2, -0.15) is 9.97 Å². The Kier molecular flexibility index (Phi) is 17.2. The number of aromatic amines is 1. The summed E-state index contributed by atoms with van der Waals surface area (Å²) in [6.07, 6.45) is 3.12. The maximum absolute atomic E-state index is 14.9. The summed E-state index contributed by atoms with van der Waals surface area (Å²) < 4.78 is 20.6. The van der Waals surface area contributed by atoms with E-state index in [9.17, 15) is 38.3 Å². The van der Waals surface area contributed by atoms with Gasteiger partial charge in [-0.15, -0.1) is 11.3 Å². The molecule has 8 rings (SSSR count). The normalized spacial score (nSPS) is 15.4. The number of carbonyl (C=O) groups is 6. The molecule has 406 valence electrons. The molecule has 20 nitrogen and oxygen atoms in total. The first-order valence-electron chi connectivity index (χ1n) is 25.5. The molecule has 22 heteroatoms. The first kappa shape index (κ1) is 55.3. The number of halogens is 1. The van der Waals surface area contributed by atoms with Crippen LogP contribution in [0.1, 0.15) is 86.5 Å². The highest BCUT2D eigenvalue weighted by Gasteiger charge is 2.44. The number of thiazole rings is 1. The number of H-pyrrole nitrogens is 1. The van der Waals surface area contributed by atoms with Crippen LogP contribution in [-0.4, -0.2) is 129 Å². The van der Waals surface area contributed by atoms with E-state index in [1.807, 2.05) is 58.0 Å². The number of aliphatic hydroxyl groups is 1. The molecule has 1 unspecified atom stereocenters. The Balaban J connectivity index is 0.811. The van der Waals surface area contributed by atoms with Crippen LogP contribution in [-0.2, 0) is 36.9 Å². The summed E-state index contributed by atoms with van der Waals surface area (Å²) >= 11 is 1.56. The van der Waals surface area contributed by atoms with Gasteiger partial charge in [0.25, 0.3) is 5.91 Å². The Hall–Kier alpha value is -7.98. The van der Waals surface area contributed by atoms with Crippen molar-refractivity contribution in [1.29, 1.82) is 0 Å². The van der Waals surface area contributed by atoms with E-state index >= 15 is 0 Å². The number of anilines is 5. The highest BCUT2D eigenvalue weighted by molar-refractivity contribution is 7.13. The van der Waals surface area contributed by atoms with Crippen LogP contribution in [0.25, 0.3) is 21.5 Å². The number of aryl methyl sites for hydroxylation is 1. The van der Waals surface area contributed by atoms with E-state index in [-0.39, 0.29) is 79.7 Å². The number of fused-ring (bicyclic) bond motifs is 2. The number of methoxy groups -OCH3 is 1. The molecule has 0 spiro atoms. The third kappa shape index (κ3) is 12.8. The molecule has 2 aliphatic rings. The summed E-state index contributed by atoms with van der Waals surface area (Å²) in [4.78, 5) is 103. The van der Waals surface area contributed by atoms with Gasteiger partial charge < -0.3 is 56.1 Å². The minimum atomic E-state index is -0.968. The molecule has 7 N–H and O–H groups in total. The van der Waals surface area contributed by atoms with Gasteiger partial charge in [0.15, 0.2) is 0 Å². The lowest BCUT2D eigenvalue weighted by Crippen LogP contribution is -2.57. The summed E-state index contributed by atoms with van der Waals surface area (Å²) in [5.41, 5.74) is 6.36. The molecule has 1 fully saturated rings. The summed E-state index contributed by atoms with van der Waals surface area (Å²) in [5.74, 6) is -2.12. The number of amides is 6. The van der Waals surface area contributed by atoms with Crippen molar-refractivity contribution < 1.29 is 43.0 Å². The molecule has 3 atom stereocenters. The number of β-amino-alcohol motifs (C(OH)–C–C–N with tert-alkyl or cyclic N) is 1. The molecule has 5 heterocycles. The molecule has 6 aromatic rings. The molecule has 3 aromatic heterocycles. The van der Waals surface area contributed by atoms with Crippen LogP contribution in [0.3, 0.4) is 0 Å². The average Bonchev–Trinajstić information content (AvgIpc) is 4.25. The molecule has 77 heavy (non-hydrogen) atoms.